The smallest absolute Gasteiger partial charge is 0.250 e. The van der Waals surface area contributed by atoms with Gasteiger partial charge in [0, 0.05) is 21.5 Å². The number of rotatable bonds is 4. The van der Waals surface area contributed by atoms with Gasteiger partial charge in [0.25, 0.3) is 0 Å². The molecular weight excluding hydrogens is 340 g/mol. The number of benzene rings is 2. The number of carbonyl (C=O) groups is 1. The number of aryl methyl sites for hydroxylation is 1. The number of halogens is 1. The normalized spacial score (nSPS) is 10.9. The molecule has 0 radical (unpaired) electrons. The molecule has 3 aromatic rings. The van der Waals surface area contributed by atoms with E-state index in [0.29, 0.717) is 10.2 Å². The number of nitrogens with one attached hydrogen (secondary N) is 1. The second-order valence-electron chi connectivity index (χ2n) is 5.16. The number of carbonyl (C=O) groups excluding carboxylic acids is 1. The fourth-order valence-electron chi connectivity index (χ4n) is 2.21. The Labute approximate surface area is 149 Å². The standard InChI is InChI=1S/C19H15ClN2OS/c1-13-18(15-5-3-2-4-6-15)22-19(24-13)21-17(23)12-9-14-7-10-16(20)11-8-14/h2-12H,1H3,(H,21,22,23)/b12-9+. The molecule has 0 saturated carbocycles. The Bertz CT molecular complexity index is 870. The molecule has 1 amide bonds. The summed E-state index contributed by atoms with van der Waals surface area (Å²) >= 11 is 7.31. The van der Waals surface area contributed by atoms with Crippen LogP contribution >= 0.6 is 22.9 Å². The van der Waals surface area contributed by atoms with Gasteiger partial charge in [0.05, 0.1) is 5.69 Å². The van der Waals surface area contributed by atoms with Crippen molar-refractivity contribution in [2.45, 2.75) is 6.92 Å². The van der Waals surface area contributed by atoms with Gasteiger partial charge in [-0.05, 0) is 30.7 Å². The van der Waals surface area contributed by atoms with Crippen LogP contribution in [0.15, 0.2) is 60.7 Å². The first kappa shape index (κ1) is 16.4. The van der Waals surface area contributed by atoms with Crippen molar-refractivity contribution in [3.8, 4) is 11.3 Å². The molecule has 0 aliphatic carbocycles. The van der Waals surface area contributed by atoms with Crippen LogP contribution < -0.4 is 5.32 Å². The van der Waals surface area contributed by atoms with Crippen molar-refractivity contribution in [1.29, 1.82) is 0 Å². The van der Waals surface area contributed by atoms with Crippen molar-refractivity contribution in [3.05, 3.63) is 76.1 Å². The van der Waals surface area contributed by atoms with Gasteiger partial charge < -0.3 is 0 Å². The molecule has 1 aromatic heterocycles. The third-order valence-corrected chi connectivity index (χ3v) is 4.51. The summed E-state index contributed by atoms with van der Waals surface area (Å²) in [6, 6.07) is 17.2. The molecule has 0 saturated heterocycles. The third kappa shape index (κ3) is 4.10. The monoisotopic (exact) mass is 354 g/mol. The lowest BCUT2D eigenvalue weighted by Gasteiger charge is -1.98. The average molecular weight is 355 g/mol. The Kier molecular flexibility index (Phi) is 5.08. The molecular formula is C19H15ClN2OS. The first-order chi connectivity index (χ1) is 11.6. The van der Waals surface area contributed by atoms with E-state index in [2.05, 4.69) is 10.3 Å². The van der Waals surface area contributed by atoms with Crippen LogP contribution in [0, 0.1) is 6.92 Å². The molecule has 0 aliphatic heterocycles. The van der Waals surface area contributed by atoms with E-state index in [1.807, 2.05) is 49.4 Å². The first-order valence-corrected chi connectivity index (χ1v) is 8.59. The van der Waals surface area contributed by atoms with Crippen LogP contribution in [-0.4, -0.2) is 10.9 Å². The van der Waals surface area contributed by atoms with Crippen molar-refractivity contribution in [2.75, 3.05) is 5.32 Å². The van der Waals surface area contributed by atoms with E-state index in [0.717, 1.165) is 21.7 Å². The highest BCUT2D eigenvalue weighted by Crippen LogP contribution is 2.30. The van der Waals surface area contributed by atoms with E-state index in [-0.39, 0.29) is 5.91 Å². The number of aromatic nitrogens is 1. The van der Waals surface area contributed by atoms with E-state index in [1.54, 1.807) is 18.2 Å². The highest BCUT2D eigenvalue weighted by Gasteiger charge is 2.10. The summed E-state index contributed by atoms with van der Waals surface area (Å²) in [7, 11) is 0. The summed E-state index contributed by atoms with van der Waals surface area (Å²) < 4.78 is 0. The molecule has 120 valence electrons. The molecule has 0 bridgehead atoms. The Morgan fingerprint density at radius 1 is 1.12 bits per heavy atom. The van der Waals surface area contributed by atoms with Crippen molar-refractivity contribution in [1.82, 2.24) is 4.98 Å². The molecule has 0 atom stereocenters. The Hall–Kier alpha value is -2.43. The summed E-state index contributed by atoms with van der Waals surface area (Å²) in [5, 5.41) is 4.07. The summed E-state index contributed by atoms with van der Waals surface area (Å²) in [6.45, 7) is 2.00. The maximum atomic E-state index is 12.1. The maximum absolute atomic E-state index is 12.1. The van der Waals surface area contributed by atoms with Crippen LogP contribution in [0.5, 0.6) is 0 Å². The second-order valence-corrected chi connectivity index (χ2v) is 6.80. The zero-order chi connectivity index (χ0) is 16.9. The number of hydrogen-bond acceptors (Lipinski definition) is 3. The third-order valence-electron chi connectivity index (χ3n) is 3.37. The fraction of sp³-hybridized carbons (Fsp3) is 0.0526. The van der Waals surface area contributed by atoms with Gasteiger partial charge in [0.1, 0.15) is 0 Å². The summed E-state index contributed by atoms with van der Waals surface area (Å²) in [4.78, 5) is 17.6. The van der Waals surface area contributed by atoms with Crippen molar-refractivity contribution >= 4 is 40.1 Å². The predicted octanol–water partition coefficient (Wildman–Crippen LogP) is 5.42. The lowest BCUT2D eigenvalue weighted by Crippen LogP contribution is -2.07. The lowest BCUT2D eigenvalue weighted by molar-refractivity contribution is -0.111. The minimum Gasteiger partial charge on any atom is -0.298 e. The molecule has 0 fully saturated rings. The first-order valence-electron chi connectivity index (χ1n) is 7.39. The van der Waals surface area contributed by atoms with Gasteiger partial charge in [-0.3, -0.25) is 10.1 Å². The van der Waals surface area contributed by atoms with Crippen LogP contribution in [0.2, 0.25) is 5.02 Å². The van der Waals surface area contributed by atoms with Crippen LogP contribution in [0.25, 0.3) is 17.3 Å². The number of nitrogens with zero attached hydrogens (tertiary/aromatic N) is 1. The van der Waals surface area contributed by atoms with E-state index in [4.69, 9.17) is 11.6 Å². The predicted molar refractivity (Wildman–Crippen MR) is 101 cm³/mol. The van der Waals surface area contributed by atoms with Crippen LogP contribution in [0.3, 0.4) is 0 Å². The van der Waals surface area contributed by atoms with Gasteiger partial charge in [-0.15, -0.1) is 11.3 Å². The number of anilines is 1. The van der Waals surface area contributed by atoms with Gasteiger partial charge in [0.2, 0.25) is 5.91 Å². The molecule has 0 spiro atoms. The van der Waals surface area contributed by atoms with Crippen LogP contribution in [0.1, 0.15) is 10.4 Å². The second kappa shape index (κ2) is 7.43. The van der Waals surface area contributed by atoms with E-state index < -0.39 is 0 Å². The van der Waals surface area contributed by atoms with Gasteiger partial charge >= 0.3 is 0 Å². The van der Waals surface area contributed by atoms with Crippen molar-refractivity contribution < 1.29 is 4.79 Å². The van der Waals surface area contributed by atoms with Gasteiger partial charge in [-0.2, -0.15) is 0 Å². The summed E-state index contributed by atoms with van der Waals surface area (Å²) in [6.07, 6.45) is 3.23. The van der Waals surface area contributed by atoms with Crippen LogP contribution in [0.4, 0.5) is 5.13 Å². The minimum atomic E-state index is -0.210. The number of thiazole rings is 1. The molecule has 24 heavy (non-hydrogen) atoms. The molecule has 0 unspecified atom stereocenters. The Balaban J connectivity index is 1.70. The topological polar surface area (TPSA) is 42.0 Å². The molecule has 1 heterocycles. The van der Waals surface area contributed by atoms with Crippen molar-refractivity contribution in [3.63, 3.8) is 0 Å². The van der Waals surface area contributed by atoms with Gasteiger partial charge in [-0.25, -0.2) is 4.98 Å². The largest absolute Gasteiger partial charge is 0.298 e. The molecule has 3 rings (SSSR count). The van der Waals surface area contributed by atoms with E-state index in [9.17, 15) is 4.79 Å². The van der Waals surface area contributed by atoms with Crippen molar-refractivity contribution in [2.24, 2.45) is 0 Å². The van der Waals surface area contributed by atoms with Crippen LogP contribution in [-0.2, 0) is 4.79 Å². The summed E-state index contributed by atoms with van der Waals surface area (Å²) in [5.41, 5.74) is 2.86. The van der Waals surface area contributed by atoms with E-state index >= 15 is 0 Å². The Morgan fingerprint density at radius 2 is 1.83 bits per heavy atom. The Morgan fingerprint density at radius 3 is 2.54 bits per heavy atom. The van der Waals surface area contributed by atoms with Gasteiger partial charge in [0.15, 0.2) is 5.13 Å². The molecule has 2 aromatic carbocycles. The minimum absolute atomic E-state index is 0.210. The summed E-state index contributed by atoms with van der Waals surface area (Å²) in [5.74, 6) is -0.210. The average Bonchev–Trinajstić information content (AvgIpc) is 2.95. The highest BCUT2D eigenvalue weighted by atomic mass is 35.5. The molecule has 3 nitrogen and oxygen atoms in total. The fourth-order valence-corrected chi connectivity index (χ4v) is 3.17. The molecule has 5 heteroatoms. The highest BCUT2D eigenvalue weighted by molar-refractivity contribution is 7.16. The zero-order valence-electron chi connectivity index (χ0n) is 13.0. The number of hydrogen-bond donors (Lipinski definition) is 1. The SMILES string of the molecule is Cc1sc(NC(=O)/C=C/c2ccc(Cl)cc2)nc1-c1ccccc1. The van der Waals surface area contributed by atoms with Gasteiger partial charge in [-0.1, -0.05) is 54.1 Å². The maximum Gasteiger partial charge on any atom is 0.250 e. The number of amides is 1. The zero-order valence-corrected chi connectivity index (χ0v) is 14.6. The van der Waals surface area contributed by atoms with E-state index in [1.165, 1.54) is 17.4 Å². The molecule has 0 aliphatic rings. The quantitative estimate of drug-likeness (QED) is 0.635. The lowest BCUT2D eigenvalue weighted by atomic mass is 10.1. The molecule has 1 N–H and O–H groups in total.